The number of hydrogen-bond acceptors (Lipinski definition) is 6. The SMILES string of the molecule is O=c1c(Cl)c(NCc2nc(-c3cccs3)n[nH]2)cnn1-c1ccccc1. The van der Waals surface area contributed by atoms with Gasteiger partial charge in [-0.05, 0) is 23.6 Å². The van der Waals surface area contributed by atoms with E-state index in [1.807, 2.05) is 35.7 Å². The molecule has 0 aliphatic heterocycles. The van der Waals surface area contributed by atoms with Crippen molar-refractivity contribution in [2.75, 3.05) is 5.32 Å². The molecule has 0 aliphatic rings. The highest BCUT2D eigenvalue weighted by atomic mass is 35.5. The average molecular weight is 385 g/mol. The number of benzene rings is 1. The number of aromatic amines is 1. The van der Waals surface area contributed by atoms with E-state index < -0.39 is 0 Å². The minimum absolute atomic E-state index is 0.0712. The number of H-pyrrole nitrogens is 1. The van der Waals surface area contributed by atoms with Crippen LogP contribution in [0, 0.1) is 0 Å². The fourth-order valence-electron chi connectivity index (χ4n) is 2.38. The van der Waals surface area contributed by atoms with Crippen LogP contribution in [0.2, 0.25) is 5.02 Å². The van der Waals surface area contributed by atoms with Crippen LogP contribution in [0.1, 0.15) is 5.82 Å². The number of rotatable bonds is 5. The summed E-state index contributed by atoms with van der Waals surface area (Å²) in [5, 5.41) is 16.3. The minimum atomic E-state index is -0.389. The van der Waals surface area contributed by atoms with Crippen molar-refractivity contribution in [2.45, 2.75) is 6.54 Å². The topological polar surface area (TPSA) is 88.5 Å². The second kappa shape index (κ2) is 7.11. The molecule has 0 unspecified atom stereocenters. The number of hydrogen-bond donors (Lipinski definition) is 2. The molecule has 0 aliphatic carbocycles. The first-order valence-electron chi connectivity index (χ1n) is 7.74. The van der Waals surface area contributed by atoms with Crippen LogP contribution in [0.4, 0.5) is 5.69 Å². The Bertz CT molecular complexity index is 1070. The second-order valence-electron chi connectivity index (χ2n) is 5.36. The summed E-state index contributed by atoms with van der Waals surface area (Å²) in [6.07, 6.45) is 1.52. The number of aromatic nitrogens is 5. The van der Waals surface area contributed by atoms with Crippen molar-refractivity contribution in [2.24, 2.45) is 0 Å². The summed E-state index contributed by atoms with van der Waals surface area (Å²) in [5.41, 5.74) is 0.708. The molecule has 3 aromatic heterocycles. The Balaban J connectivity index is 1.52. The number of halogens is 1. The maximum absolute atomic E-state index is 12.5. The zero-order valence-corrected chi connectivity index (χ0v) is 15.0. The maximum atomic E-state index is 12.5. The molecule has 4 aromatic rings. The van der Waals surface area contributed by atoms with Crippen LogP contribution in [0.5, 0.6) is 0 Å². The van der Waals surface area contributed by atoms with Crippen LogP contribution >= 0.6 is 22.9 Å². The molecule has 3 heterocycles. The molecular weight excluding hydrogens is 372 g/mol. The van der Waals surface area contributed by atoms with Gasteiger partial charge in [-0.25, -0.2) is 4.98 Å². The van der Waals surface area contributed by atoms with Crippen molar-refractivity contribution in [1.29, 1.82) is 0 Å². The van der Waals surface area contributed by atoms with Crippen molar-refractivity contribution < 1.29 is 0 Å². The van der Waals surface area contributed by atoms with Crippen LogP contribution in [0.15, 0.2) is 58.8 Å². The Morgan fingerprint density at radius 2 is 2.04 bits per heavy atom. The van der Waals surface area contributed by atoms with E-state index in [2.05, 4.69) is 25.6 Å². The summed E-state index contributed by atoms with van der Waals surface area (Å²) >= 11 is 7.79. The van der Waals surface area contributed by atoms with Crippen LogP contribution in [-0.2, 0) is 6.54 Å². The molecule has 9 heteroatoms. The molecule has 0 amide bonds. The van der Waals surface area contributed by atoms with E-state index in [1.165, 1.54) is 10.9 Å². The number of anilines is 1. The third kappa shape index (κ3) is 3.24. The van der Waals surface area contributed by atoms with Crippen molar-refractivity contribution in [3.05, 3.63) is 75.2 Å². The van der Waals surface area contributed by atoms with Gasteiger partial charge >= 0.3 is 0 Å². The molecule has 0 spiro atoms. The normalized spacial score (nSPS) is 10.8. The van der Waals surface area contributed by atoms with Gasteiger partial charge in [0.2, 0.25) is 0 Å². The molecular formula is C17H13ClN6OS. The highest BCUT2D eigenvalue weighted by molar-refractivity contribution is 7.13. The molecule has 1 aromatic carbocycles. The smallest absolute Gasteiger partial charge is 0.292 e. The molecule has 4 rings (SSSR count). The van der Waals surface area contributed by atoms with Gasteiger partial charge in [0.25, 0.3) is 5.56 Å². The number of nitrogens with one attached hydrogen (secondary N) is 2. The van der Waals surface area contributed by atoms with E-state index in [0.29, 0.717) is 29.6 Å². The summed E-state index contributed by atoms with van der Waals surface area (Å²) in [6, 6.07) is 13.0. The van der Waals surface area contributed by atoms with Crippen LogP contribution in [0.3, 0.4) is 0 Å². The lowest BCUT2D eigenvalue weighted by Gasteiger charge is -2.09. The Kier molecular flexibility index (Phi) is 4.51. The molecule has 26 heavy (non-hydrogen) atoms. The van der Waals surface area contributed by atoms with E-state index in [9.17, 15) is 4.79 Å². The van der Waals surface area contributed by atoms with E-state index >= 15 is 0 Å². The predicted octanol–water partition coefficient (Wildman–Crippen LogP) is 3.34. The van der Waals surface area contributed by atoms with Crippen molar-refractivity contribution in [3.8, 4) is 16.4 Å². The molecule has 0 fully saturated rings. The van der Waals surface area contributed by atoms with Gasteiger partial charge in [-0.3, -0.25) is 9.89 Å². The fraction of sp³-hybridized carbons (Fsp3) is 0.0588. The summed E-state index contributed by atoms with van der Waals surface area (Å²) in [6.45, 7) is 0.342. The van der Waals surface area contributed by atoms with Crippen LogP contribution in [0.25, 0.3) is 16.4 Å². The Morgan fingerprint density at radius 1 is 1.19 bits per heavy atom. The van der Waals surface area contributed by atoms with Gasteiger partial charge in [-0.1, -0.05) is 35.9 Å². The van der Waals surface area contributed by atoms with E-state index in [-0.39, 0.29) is 10.6 Å². The van der Waals surface area contributed by atoms with Gasteiger partial charge in [0.1, 0.15) is 10.8 Å². The third-order valence-electron chi connectivity index (χ3n) is 3.64. The standard InChI is InChI=1S/C17H13ClN6OS/c18-15-12(9-20-24(17(15)25)11-5-2-1-3-6-11)19-10-14-21-16(23-22-14)13-7-4-8-26-13/h1-9,19H,10H2,(H,21,22,23). The minimum Gasteiger partial charge on any atom is -0.375 e. The van der Waals surface area contributed by atoms with E-state index in [4.69, 9.17) is 11.6 Å². The lowest BCUT2D eigenvalue weighted by molar-refractivity contribution is 0.806. The molecule has 0 radical (unpaired) electrons. The van der Waals surface area contributed by atoms with Crippen molar-refractivity contribution in [1.82, 2.24) is 25.0 Å². The number of nitrogens with zero attached hydrogens (tertiary/aromatic N) is 4. The predicted molar refractivity (Wildman–Crippen MR) is 102 cm³/mol. The summed E-state index contributed by atoms with van der Waals surface area (Å²) in [7, 11) is 0. The van der Waals surface area contributed by atoms with Gasteiger partial charge in [0.15, 0.2) is 5.82 Å². The first-order chi connectivity index (χ1) is 12.7. The lowest BCUT2D eigenvalue weighted by atomic mass is 10.3. The monoisotopic (exact) mass is 384 g/mol. The van der Waals surface area contributed by atoms with Gasteiger partial charge in [-0.15, -0.1) is 11.3 Å². The Morgan fingerprint density at radius 3 is 2.81 bits per heavy atom. The van der Waals surface area contributed by atoms with Gasteiger partial charge < -0.3 is 5.32 Å². The Hall–Kier alpha value is -2.97. The molecule has 0 saturated carbocycles. The molecule has 0 saturated heterocycles. The zero-order valence-electron chi connectivity index (χ0n) is 13.4. The first-order valence-corrected chi connectivity index (χ1v) is 9.00. The van der Waals surface area contributed by atoms with E-state index in [1.54, 1.807) is 23.5 Å². The van der Waals surface area contributed by atoms with Gasteiger partial charge in [0, 0.05) is 0 Å². The number of thiophene rings is 1. The highest BCUT2D eigenvalue weighted by Gasteiger charge is 2.12. The molecule has 0 bridgehead atoms. The fourth-order valence-corrected chi connectivity index (χ4v) is 3.23. The lowest BCUT2D eigenvalue weighted by Crippen LogP contribution is -2.22. The summed E-state index contributed by atoms with van der Waals surface area (Å²) in [4.78, 5) is 17.9. The third-order valence-corrected chi connectivity index (χ3v) is 4.87. The quantitative estimate of drug-likeness (QED) is 0.551. The van der Waals surface area contributed by atoms with E-state index in [0.717, 1.165) is 4.88 Å². The molecule has 130 valence electrons. The molecule has 7 nitrogen and oxygen atoms in total. The van der Waals surface area contributed by atoms with Crippen molar-refractivity contribution >= 4 is 28.6 Å². The molecule has 0 atom stereocenters. The van der Waals surface area contributed by atoms with Gasteiger partial charge in [0.05, 0.1) is 29.0 Å². The first kappa shape index (κ1) is 16.5. The molecule has 2 N–H and O–H groups in total. The largest absolute Gasteiger partial charge is 0.375 e. The highest BCUT2D eigenvalue weighted by Crippen LogP contribution is 2.21. The summed E-state index contributed by atoms with van der Waals surface area (Å²) in [5.74, 6) is 1.28. The Labute approximate surface area is 157 Å². The second-order valence-corrected chi connectivity index (χ2v) is 6.69. The summed E-state index contributed by atoms with van der Waals surface area (Å²) < 4.78 is 1.26. The van der Waals surface area contributed by atoms with Gasteiger partial charge in [-0.2, -0.15) is 14.9 Å². The van der Waals surface area contributed by atoms with Crippen LogP contribution < -0.4 is 10.9 Å². The van der Waals surface area contributed by atoms with Crippen LogP contribution in [-0.4, -0.2) is 25.0 Å². The average Bonchev–Trinajstić information content (AvgIpc) is 3.35. The van der Waals surface area contributed by atoms with Crippen molar-refractivity contribution in [3.63, 3.8) is 0 Å². The number of para-hydroxylation sites is 1. The zero-order chi connectivity index (χ0) is 17.9. The maximum Gasteiger partial charge on any atom is 0.292 e.